The number of alkyl halides is 1. The van der Waals surface area contributed by atoms with E-state index in [0.717, 1.165) is 5.56 Å². The van der Waals surface area contributed by atoms with Crippen LogP contribution in [-0.2, 0) is 5.67 Å². The second-order valence-corrected chi connectivity index (χ2v) is 5.62. The Kier molecular flexibility index (Phi) is 4.27. The molecule has 0 spiro atoms. The maximum atomic E-state index is 15.3. The zero-order valence-electron chi connectivity index (χ0n) is 13.0. The topological polar surface area (TPSA) is 71.3 Å². The van der Waals surface area contributed by atoms with E-state index in [1.54, 1.807) is 0 Å². The number of amides is 2. The van der Waals surface area contributed by atoms with E-state index in [1.165, 1.54) is 4.90 Å². The molecule has 1 atom stereocenters. The largest absolute Gasteiger partial charge is 0.338 e. The molecule has 0 saturated carbocycles. The minimum atomic E-state index is -1.80. The summed E-state index contributed by atoms with van der Waals surface area (Å²) in [5, 5.41) is 6.56. The summed E-state index contributed by atoms with van der Waals surface area (Å²) in [7, 11) is 0. The normalized spacial score (nSPS) is 21.2. The van der Waals surface area contributed by atoms with Gasteiger partial charge in [0.1, 0.15) is 0 Å². The van der Waals surface area contributed by atoms with Crippen LogP contribution in [0.1, 0.15) is 25.7 Å². The van der Waals surface area contributed by atoms with Crippen LogP contribution < -0.4 is 5.32 Å². The lowest BCUT2D eigenvalue weighted by atomic mass is 9.94. The van der Waals surface area contributed by atoms with Crippen molar-refractivity contribution >= 4 is 6.03 Å². The third-order valence-electron chi connectivity index (χ3n) is 3.90. The molecule has 1 aromatic carbocycles. The average Bonchev–Trinajstić information content (AvgIpc) is 3.07. The van der Waals surface area contributed by atoms with E-state index in [0.29, 0.717) is 25.3 Å². The van der Waals surface area contributed by atoms with E-state index in [9.17, 15) is 4.79 Å². The third-order valence-corrected chi connectivity index (χ3v) is 3.90. The van der Waals surface area contributed by atoms with Crippen LogP contribution in [0.15, 0.2) is 34.9 Å². The minimum Gasteiger partial charge on any atom is -0.338 e. The second-order valence-electron chi connectivity index (χ2n) is 5.62. The monoisotopic (exact) mass is 318 g/mol. The molecule has 1 saturated heterocycles. The van der Waals surface area contributed by atoms with Crippen LogP contribution in [0.4, 0.5) is 9.18 Å². The van der Waals surface area contributed by atoms with E-state index < -0.39 is 5.67 Å². The van der Waals surface area contributed by atoms with Crippen molar-refractivity contribution in [1.29, 1.82) is 0 Å². The standard InChI is InChI=1S/C16H19FN4O2/c1-2-18-15(22)21-10-6-9-16(17,11-21)14-19-13(20-23-14)12-7-4-3-5-8-12/h3-5,7-8H,2,6,9-11H2,1H3,(H,18,22). The maximum absolute atomic E-state index is 15.3. The molecule has 2 heterocycles. The number of rotatable bonds is 3. The molecule has 0 radical (unpaired) electrons. The molecule has 23 heavy (non-hydrogen) atoms. The van der Waals surface area contributed by atoms with Gasteiger partial charge in [-0.1, -0.05) is 35.5 Å². The first-order valence-electron chi connectivity index (χ1n) is 7.74. The van der Waals surface area contributed by atoms with Crippen molar-refractivity contribution in [1.82, 2.24) is 20.4 Å². The van der Waals surface area contributed by atoms with Crippen LogP contribution in [0, 0.1) is 0 Å². The number of carbonyl (C=O) groups excluding carboxylic acids is 1. The lowest BCUT2D eigenvalue weighted by molar-refractivity contribution is 0.0308. The molecular formula is C16H19FN4O2. The molecule has 1 unspecified atom stereocenters. The molecular weight excluding hydrogens is 299 g/mol. The van der Waals surface area contributed by atoms with Gasteiger partial charge in [0.05, 0.1) is 6.54 Å². The maximum Gasteiger partial charge on any atom is 0.317 e. The number of piperidine rings is 1. The molecule has 1 aliphatic heterocycles. The van der Waals surface area contributed by atoms with E-state index in [4.69, 9.17) is 4.52 Å². The fourth-order valence-electron chi connectivity index (χ4n) is 2.73. The molecule has 7 heteroatoms. The average molecular weight is 318 g/mol. The van der Waals surface area contributed by atoms with Crippen molar-refractivity contribution in [3.8, 4) is 11.4 Å². The van der Waals surface area contributed by atoms with Crippen molar-refractivity contribution in [2.75, 3.05) is 19.6 Å². The summed E-state index contributed by atoms with van der Waals surface area (Å²) in [4.78, 5) is 17.6. The predicted octanol–water partition coefficient (Wildman–Crippen LogP) is 2.73. The fourth-order valence-corrected chi connectivity index (χ4v) is 2.73. The van der Waals surface area contributed by atoms with Crippen molar-refractivity contribution in [3.05, 3.63) is 36.2 Å². The van der Waals surface area contributed by atoms with Crippen molar-refractivity contribution < 1.29 is 13.7 Å². The number of benzene rings is 1. The molecule has 1 aliphatic rings. The number of nitrogens with one attached hydrogen (secondary N) is 1. The lowest BCUT2D eigenvalue weighted by Crippen LogP contribution is -2.50. The summed E-state index contributed by atoms with van der Waals surface area (Å²) in [6.07, 6.45) is 0.815. The van der Waals surface area contributed by atoms with E-state index in [-0.39, 0.29) is 24.9 Å². The van der Waals surface area contributed by atoms with Gasteiger partial charge in [-0.25, -0.2) is 9.18 Å². The SMILES string of the molecule is CCNC(=O)N1CCCC(F)(c2nc(-c3ccccc3)no2)C1. The molecule has 1 fully saturated rings. The van der Waals surface area contributed by atoms with Gasteiger partial charge in [-0.2, -0.15) is 4.98 Å². The Morgan fingerprint density at radius 1 is 1.43 bits per heavy atom. The van der Waals surface area contributed by atoms with Crippen LogP contribution in [0.5, 0.6) is 0 Å². The quantitative estimate of drug-likeness (QED) is 0.944. The Labute approximate surface area is 133 Å². The molecule has 0 bridgehead atoms. The molecule has 122 valence electrons. The molecule has 2 aromatic rings. The number of halogens is 1. The zero-order valence-corrected chi connectivity index (χ0v) is 13.0. The summed E-state index contributed by atoms with van der Waals surface area (Å²) in [5.74, 6) is 0.290. The highest BCUT2D eigenvalue weighted by molar-refractivity contribution is 5.74. The number of urea groups is 1. The van der Waals surface area contributed by atoms with Gasteiger partial charge >= 0.3 is 6.03 Å². The Balaban J connectivity index is 1.80. The lowest BCUT2D eigenvalue weighted by Gasteiger charge is -2.34. The fraction of sp³-hybridized carbons (Fsp3) is 0.438. The summed E-state index contributed by atoms with van der Waals surface area (Å²) in [5.41, 5.74) is -1.04. The number of hydrogen-bond donors (Lipinski definition) is 1. The van der Waals surface area contributed by atoms with Gasteiger partial charge in [0.25, 0.3) is 5.89 Å². The Morgan fingerprint density at radius 3 is 2.96 bits per heavy atom. The predicted molar refractivity (Wildman–Crippen MR) is 82.4 cm³/mol. The van der Waals surface area contributed by atoms with Gasteiger partial charge in [-0.15, -0.1) is 0 Å². The highest BCUT2D eigenvalue weighted by atomic mass is 19.1. The Morgan fingerprint density at radius 2 is 2.22 bits per heavy atom. The number of likely N-dealkylation sites (tertiary alicyclic amines) is 1. The van der Waals surface area contributed by atoms with Crippen LogP contribution in [0.25, 0.3) is 11.4 Å². The number of aromatic nitrogens is 2. The molecule has 2 amide bonds. The minimum absolute atomic E-state index is 0.0645. The van der Waals surface area contributed by atoms with Gasteiger partial charge in [0, 0.05) is 18.7 Å². The highest BCUT2D eigenvalue weighted by Gasteiger charge is 2.43. The second kappa shape index (κ2) is 6.36. The first-order chi connectivity index (χ1) is 11.1. The van der Waals surface area contributed by atoms with Gasteiger partial charge in [0.2, 0.25) is 11.5 Å². The third kappa shape index (κ3) is 3.18. The first kappa shape index (κ1) is 15.5. The molecule has 0 aliphatic carbocycles. The van der Waals surface area contributed by atoms with Crippen LogP contribution in [0.3, 0.4) is 0 Å². The summed E-state index contributed by atoms with van der Waals surface area (Å²) in [6, 6.07) is 8.99. The van der Waals surface area contributed by atoms with E-state index >= 15 is 4.39 Å². The smallest absolute Gasteiger partial charge is 0.317 e. The van der Waals surface area contributed by atoms with E-state index in [1.807, 2.05) is 37.3 Å². The number of nitrogens with zero attached hydrogens (tertiary/aromatic N) is 3. The number of hydrogen-bond acceptors (Lipinski definition) is 4. The van der Waals surface area contributed by atoms with Crippen LogP contribution in [0.2, 0.25) is 0 Å². The van der Waals surface area contributed by atoms with Crippen molar-refractivity contribution in [2.24, 2.45) is 0 Å². The highest BCUT2D eigenvalue weighted by Crippen LogP contribution is 2.35. The Hall–Kier alpha value is -2.44. The molecule has 3 rings (SSSR count). The summed E-state index contributed by atoms with van der Waals surface area (Å²) >= 11 is 0. The molecule has 6 nitrogen and oxygen atoms in total. The van der Waals surface area contributed by atoms with E-state index in [2.05, 4.69) is 15.5 Å². The van der Waals surface area contributed by atoms with Crippen molar-refractivity contribution in [2.45, 2.75) is 25.4 Å². The first-order valence-corrected chi connectivity index (χ1v) is 7.74. The van der Waals surface area contributed by atoms with Crippen molar-refractivity contribution in [3.63, 3.8) is 0 Å². The Bertz CT molecular complexity index is 676. The van der Waals surface area contributed by atoms with Gasteiger partial charge < -0.3 is 14.7 Å². The summed E-state index contributed by atoms with van der Waals surface area (Å²) < 4.78 is 20.4. The zero-order chi connectivity index (χ0) is 16.3. The van der Waals surface area contributed by atoms with Gasteiger partial charge in [0.15, 0.2) is 0 Å². The van der Waals surface area contributed by atoms with Crippen LogP contribution in [-0.4, -0.2) is 40.7 Å². The van der Waals surface area contributed by atoms with Crippen LogP contribution >= 0.6 is 0 Å². The summed E-state index contributed by atoms with van der Waals surface area (Å²) in [6.45, 7) is 2.79. The molecule has 1 aromatic heterocycles. The number of carbonyl (C=O) groups is 1. The molecule has 1 N–H and O–H groups in total. The van der Waals surface area contributed by atoms with Gasteiger partial charge in [-0.05, 0) is 19.8 Å². The van der Waals surface area contributed by atoms with Gasteiger partial charge in [-0.3, -0.25) is 0 Å².